The van der Waals surface area contributed by atoms with Crippen molar-refractivity contribution in [1.82, 2.24) is 9.80 Å². The first-order chi connectivity index (χ1) is 10.5. The van der Waals surface area contributed by atoms with Crippen molar-refractivity contribution in [3.63, 3.8) is 0 Å². The number of amides is 2. The highest BCUT2D eigenvalue weighted by Gasteiger charge is 2.25. The molecule has 1 aliphatic heterocycles. The van der Waals surface area contributed by atoms with Crippen LogP contribution in [0.15, 0.2) is 36.5 Å². The molecule has 0 aliphatic carbocycles. The molecule has 0 spiro atoms. The minimum atomic E-state index is -0.374. The van der Waals surface area contributed by atoms with E-state index in [-0.39, 0.29) is 17.5 Å². The van der Waals surface area contributed by atoms with Crippen LogP contribution in [0.25, 0.3) is 0 Å². The van der Waals surface area contributed by atoms with Crippen molar-refractivity contribution in [3.05, 3.63) is 42.1 Å². The van der Waals surface area contributed by atoms with Crippen LogP contribution >= 0.6 is 0 Å². The highest BCUT2D eigenvalue weighted by molar-refractivity contribution is 6.41. The molecular formula is C15H19N5O2. The standard InChI is InChI=1S/C15H19N5O2/c16-6-5-13(18)15(22)20-9-7-19(8-10-20)14(21)11-1-3-12(17)4-2-11/h1-6,18H,7-10,16-17H2/b6-5-,18-13?. The summed E-state index contributed by atoms with van der Waals surface area (Å²) < 4.78 is 0. The number of nitrogens with two attached hydrogens (primary N) is 2. The molecule has 0 bridgehead atoms. The minimum absolute atomic E-state index is 0.0796. The molecule has 1 aliphatic rings. The van der Waals surface area contributed by atoms with E-state index in [0.29, 0.717) is 37.4 Å². The van der Waals surface area contributed by atoms with E-state index in [9.17, 15) is 9.59 Å². The van der Waals surface area contributed by atoms with E-state index in [2.05, 4.69) is 0 Å². The van der Waals surface area contributed by atoms with Gasteiger partial charge in [-0.25, -0.2) is 0 Å². The topological polar surface area (TPSA) is 117 Å². The van der Waals surface area contributed by atoms with Gasteiger partial charge < -0.3 is 21.3 Å². The van der Waals surface area contributed by atoms with Crippen LogP contribution in [0.3, 0.4) is 0 Å². The average molecular weight is 301 g/mol. The van der Waals surface area contributed by atoms with Crippen LogP contribution in [-0.2, 0) is 4.79 Å². The smallest absolute Gasteiger partial charge is 0.271 e. The lowest BCUT2D eigenvalue weighted by Gasteiger charge is -2.34. The van der Waals surface area contributed by atoms with Crippen LogP contribution in [-0.4, -0.2) is 53.5 Å². The maximum atomic E-state index is 12.3. The Labute approximate surface area is 128 Å². The lowest BCUT2D eigenvalue weighted by molar-refractivity contribution is -0.125. The van der Waals surface area contributed by atoms with Crippen molar-refractivity contribution < 1.29 is 9.59 Å². The minimum Gasteiger partial charge on any atom is -0.405 e. The van der Waals surface area contributed by atoms with Gasteiger partial charge in [-0.05, 0) is 36.5 Å². The highest BCUT2D eigenvalue weighted by Crippen LogP contribution is 2.11. The number of nitrogens with one attached hydrogen (secondary N) is 1. The summed E-state index contributed by atoms with van der Waals surface area (Å²) in [6.07, 6.45) is 2.43. The normalized spacial score (nSPS) is 15.1. The van der Waals surface area contributed by atoms with Gasteiger partial charge in [0.1, 0.15) is 5.71 Å². The Hall–Kier alpha value is -2.83. The fourth-order valence-electron chi connectivity index (χ4n) is 2.26. The second kappa shape index (κ2) is 6.75. The molecule has 0 atom stereocenters. The average Bonchev–Trinajstić information content (AvgIpc) is 2.54. The number of hydrogen-bond donors (Lipinski definition) is 3. The number of carbonyl (C=O) groups excluding carboxylic acids is 2. The second-order valence-corrected chi connectivity index (χ2v) is 4.98. The molecule has 1 heterocycles. The number of piperazine rings is 1. The Bertz CT molecular complexity index is 601. The first-order valence-corrected chi connectivity index (χ1v) is 6.94. The van der Waals surface area contributed by atoms with Crippen LogP contribution < -0.4 is 11.5 Å². The SMILES string of the molecule is N=C(/C=C\N)C(=O)N1CCN(C(=O)c2ccc(N)cc2)CC1. The molecule has 0 saturated carbocycles. The van der Waals surface area contributed by atoms with Crippen molar-refractivity contribution in [2.24, 2.45) is 5.73 Å². The Balaban J connectivity index is 1.94. The molecule has 1 aromatic carbocycles. The van der Waals surface area contributed by atoms with Crippen LogP contribution in [0.1, 0.15) is 10.4 Å². The number of nitrogens with zero attached hydrogens (tertiary/aromatic N) is 2. The van der Waals surface area contributed by atoms with Crippen molar-refractivity contribution in [1.29, 1.82) is 5.41 Å². The summed E-state index contributed by atoms with van der Waals surface area (Å²) in [6, 6.07) is 6.76. The maximum Gasteiger partial charge on any atom is 0.271 e. The van der Waals surface area contributed by atoms with Gasteiger partial charge in [-0.2, -0.15) is 0 Å². The zero-order valence-electron chi connectivity index (χ0n) is 12.2. The number of anilines is 1. The van der Waals surface area contributed by atoms with E-state index in [4.69, 9.17) is 16.9 Å². The lowest BCUT2D eigenvalue weighted by atomic mass is 10.1. The van der Waals surface area contributed by atoms with Crippen molar-refractivity contribution in [3.8, 4) is 0 Å². The molecule has 1 saturated heterocycles. The highest BCUT2D eigenvalue weighted by atomic mass is 16.2. The van der Waals surface area contributed by atoms with E-state index in [1.54, 1.807) is 34.1 Å². The van der Waals surface area contributed by atoms with Gasteiger partial charge >= 0.3 is 0 Å². The fourth-order valence-corrected chi connectivity index (χ4v) is 2.26. The lowest BCUT2D eigenvalue weighted by Crippen LogP contribution is -2.51. The second-order valence-electron chi connectivity index (χ2n) is 4.98. The van der Waals surface area contributed by atoms with Gasteiger partial charge in [0.2, 0.25) is 0 Å². The van der Waals surface area contributed by atoms with E-state index < -0.39 is 0 Å². The fraction of sp³-hybridized carbons (Fsp3) is 0.267. The van der Waals surface area contributed by atoms with Crippen LogP contribution in [0, 0.1) is 5.41 Å². The van der Waals surface area contributed by atoms with Gasteiger partial charge in [-0.1, -0.05) is 0 Å². The summed E-state index contributed by atoms with van der Waals surface area (Å²) in [5.74, 6) is -0.453. The number of rotatable bonds is 3. The molecule has 0 unspecified atom stereocenters. The van der Waals surface area contributed by atoms with Gasteiger partial charge in [-0.15, -0.1) is 0 Å². The molecular weight excluding hydrogens is 282 g/mol. The molecule has 116 valence electrons. The summed E-state index contributed by atoms with van der Waals surface area (Å²) in [5.41, 5.74) is 11.8. The molecule has 2 rings (SSSR count). The third-order valence-corrected chi connectivity index (χ3v) is 3.51. The molecule has 7 heteroatoms. The van der Waals surface area contributed by atoms with E-state index >= 15 is 0 Å². The molecule has 1 fully saturated rings. The van der Waals surface area contributed by atoms with Crippen LogP contribution in [0.4, 0.5) is 5.69 Å². The predicted octanol–water partition coefficient (Wildman–Crippen LogP) is 0.0454. The van der Waals surface area contributed by atoms with Gasteiger partial charge in [0.05, 0.1) is 0 Å². The molecule has 0 aromatic heterocycles. The Morgan fingerprint density at radius 2 is 1.59 bits per heavy atom. The maximum absolute atomic E-state index is 12.3. The number of hydrogen-bond acceptors (Lipinski definition) is 5. The number of nitrogen functional groups attached to an aromatic ring is 1. The third kappa shape index (κ3) is 3.43. The summed E-state index contributed by atoms with van der Waals surface area (Å²) in [4.78, 5) is 27.5. The Kier molecular flexibility index (Phi) is 4.77. The van der Waals surface area contributed by atoms with Gasteiger partial charge in [-0.3, -0.25) is 15.0 Å². The molecule has 2 amide bonds. The molecule has 5 N–H and O–H groups in total. The first kappa shape index (κ1) is 15.6. The summed E-state index contributed by atoms with van der Waals surface area (Å²) >= 11 is 0. The first-order valence-electron chi connectivity index (χ1n) is 6.94. The summed E-state index contributed by atoms with van der Waals surface area (Å²) in [6.45, 7) is 1.68. The summed E-state index contributed by atoms with van der Waals surface area (Å²) in [7, 11) is 0. The van der Waals surface area contributed by atoms with E-state index in [1.165, 1.54) is 12.3 Å². The quantitative estimate of drug-likeness (QED) is 0.540. The van der Waals surface area contributed by atoms with Crippen molar-refractivity contribution >= 4 is 23.2 Å². The van der Waals surface area contributed by atoms with Crippen molar-refractivity contribution in [2.45, 2.75) is 0 Å². The molecule has 1 aromatic rings. The Morgan fingerprint density at radius 3 is 2.14 bits per heavy atom. The monoisotopic (exact) mass is 301 g/mol. The van der Waals surface area contributed by atoms with Crippen LogP contribution in [0.2, 0.25) is 0 Å². The van der Waals surface area contributed by atoms with Gasteiger partial charge in [0.25, 0.3) is 11.8 Å². The molecule has 0 radical (unpaired) electrons. The Morgan fingerprint density at radius 1 is 1.05 bits per heavy atom. The number of carbonyl (C=O) groups is 2. The van der Waals surface area contributed by atoms with Crippen molar-refractivity contribution in [2.75, 3.05) is 31.9 Å². The molecule has 22 heavy (non-hydrogen) atoms. The number of benzene rings is 1. The zero-order valence-corrected chi connectivity index (χ0v) is 12.2. The predicted molar refractivity (Wildman–Crippen MR) is 84.4 cm³/mol. The van der Waals surface area contributed by atoms with Crippen LogP contribution in [0.5, 0.6) is 0 Å². The zero-order chi connectivity index (χ0) is 16.1. The largest absolute Gasteiger partial charge is 0.405 e. The third-order valence-electron chi connectivity index (χ3n) is 3.51. The molecule has 7 nitrogen and oxygen atoms in total. The van der Waals surface area contributed by atoms with E-state index in [0.717, 1.165) is 0 Å². The van der Waals surface area contributed by atoms with E-state index in [1.807, 2.05) is 0 Å². The summed E-state index contributed by atoms with van der Waals surface area (Å²) in [5, 5.41) is 7.57. The van der Waals surface area contributed by atoms with Gasteiger partial charge in [0.15, 0.2) is 0 Å². The van der Waals surface area contributed by atoms with Gasteiger partial charge in [0, 0.05) is 37.4 Å².